The van der Waals surface area contributed by atoms with Crippen molar-refractivity contribution >= 4 is 18.9 Å². The Balaban J connectivity index is 2.76. The minimum absolute atomic E-state index is 1.31. The maximum absolute atomic E-state index is 2.69. The maximum atomic E-state index is 2.69. The third-order valence-corrected chi connectivity index (χ3v) is 19.2. The van der Waals surface area contributed by atoms with E-state index in [9.17, 15) is 0 Å². The Hall–Kier alpha value is 0.719. The summed E-state index contributed by atoms with van der Waals surface area (Å²) in [6, 6.07) is 0. The zero-order chi connectivity index (χ0) is 8.48. The van der Waals surface area contributed by atoms with E-state index in [-0.39, 0.29) is 0 Å². The van der Waals surface area contributed by atoms with Crippen molar-refractivity contribution in [1.82, 2.24) is 6.24 Å². The molecule has 1 aliphatic heterocycles. The van der Waals surface area contributed by atoms with Crippen LogP contribution in [0.5, 0.6) is 0 Å². The molecule has 1 aliphatic rings. The first-order chi connectivity index (χ1) is 5.17. The van der Waals surface area contributed by atoms with E-state index in [0.29, 0.717) is 0 Å². The first kappa shape index (κ1) is 9.80. The van der Waals surface area contributed by atoms with Crippen LogP contribution in [0.1, 0.15) is 13.8 Å². The molecule has 2 nitrogen and oxygen atoms in total. The standard InChI is InChI=1S/C4H10N2.2C2H5.Sn/c1-5-3-4-6-2;2*1-2;/h3-4H2,1-2H3;2*1H2,2H3;/q-2;;;+2. The summed E-state index contributed by atoms with van der Waals surface area (Å²) in [5.41, 5.74) is 0. The third kappa shape index (κ3) is 1.45. The first-order valence-electron chi connectivity index (χ1n) is 4.60. The fraction of sp³-hybridized carbons (Fsp3) is 1.00. The van der Waals surface area contributed by atoms with Crippen LogP contribution in [0, 0.1) is 0 Å². The van der Waals surface area contributed by atoms with Crippen molar-refractivity contribution < 1.29 is 0 Å². The topological polar surface area (TPSA) is 6.48 Å². The molecule has 0 spiro atoms. The molecule has 0 aromatic rings. The van der Waals surface area contributed by atoms with Crippen molar-refractivity contribution in [2.24, 2.45) is 0 Å². The molecule has 3 heteroatoms. The minimum atomic E-state index is -1.88. The zero-order valence-electron chi connectivity index (χ0n) is 8.22. The van der Waals surface area contributed by atoms with Gasteiger partial charge in [0.25, 0.3) is 0 Å². The second-order valence-corrected chi connectivity index (χ2v) is 17.5. The third-order valence-electron chi connectivity index (χ3n) is 3.32. The monoisotopic (exact) mass is 264 g/mol. The molecule has 0 atom stereocenters. The van der Waals surface area contributed by atoms with Crippen molar-refractivity contribution in [3.8, 4) is 0 Å². The first-order valence-corrected chi connectivity index (χ1v) is 11.2. The van der Waals surface area contributed by atoms with E-state index in [1.54, 1.807) is 0 Å². The van der Waals surface area contributed by atoms with Gasteiger partial charge in [-0.1, -0.05) is 0 Å². The second-order valence-electron chi connectivity index (χ2n) is 3.53. The quantitative estimate of drug-likeness (QED) is 0.694. The van der Waals surface area contributed by atoms with Crippen molar-refractivity contribution in [2.45, 2.75) is 22.7 Å². The average Bonchev–Trinajstić information content (AvgIpc) is 2.29. The van der Waals surface area contributed by atoms with Gasteiger partial charge in [-0.3, -0.25) is 0 Å². The van der Waals surface area contributed by atoms with Crippen LogP contribution in [0.4, 0.5) is 0 Å². The summed E-state index contributed by atoms with van der Waals surface area (Å²) in [7, 11) is 4.65. The molecule has 0 unspecified atom stereocenters. The summed E-state index contributed by atoms with van der Waals surface area (Å²) >= 11 is -1.88. The van der Waals surface area contributed by atoms with Crippen molar-refractivity contribution in [2.75, 3.05) is 27.2 Å². The van der Waals surface area contributed by atoms with Gasteiger partial charge >= 0.3 is 75.1 Å². The normalized spacial score (nSPS) is 26.2. The van der Waals surface area contributed by atoms with Crippen molar-refractivity contribution in [3.05, 3.63) is 0 Å². The van der Waals surface area contributed by atoms with Gasteiger partial charge in [-0.05, 0) is 0 Å². The Bertz CT molecular complexity index is 122. The molecular formula is C8H20N2Sn. The fourth-order valence-electron chi connectivity index (χ4n) is 2.34. The van der Waals surface area contributed by atoms with Gasteiger partial charge < -0.3 is 0 Å². The van der Waals surface area contributed by atoms with Gasteiger partial charge in [-0.25, -0.2) is 0 Å². The fourth-order valence-corrected chi connectivity index (χ4v) is 14.5. The second kappa shape index (κ2) is 3.62. The Morgan fingerprint density at radius 1 is 1.00 bits per heavy atom. The molecule has 0 radical (unpaired) electrons. The zero-order valence-corrected chi connectivity index (χ0v) is 11.1. The molecule has 11 heavy (non-hydrogen) atoms. The van der Waals surface area contributed by atoms with Crippen LogP contribution < -0.4 is 0 Å². The van der Waals surface area contributed by atoms with Gasteiger partial charge in [0.15, 0.2) is 0 Å². The van der Waals surface area contributed by atoms with Gasteiger partial charge in [0.2, 0.25) is 0 Å². The van der Waals surface area contributed by atoms with Gasteiger partial charge in [0, 0.05) is 0 Å². The van der Waals surface area contributed by atoms with Gasteiger partial charge in [0.05, 0.1) is 0 Å². The molecule has 0 bridgehead atoms. The van der Waals surface area contributed by atoms with Crippen LogP contribution >= 0.6 is 0 Å². The molecule has 0 amide bonds. The molecule has 0 aromatic heterocycles. The number of rotatable bonds is 2. The number of hydrogen-bond donors (Lipinski definition) is 0. The van der Waals surface area contributed by atoms with Crippen molar-refractivity contribution in [1.29, 1.82) is 0 Å². The predicted octanol–water partition coefficient (Wildman–Crippen LogP) is 1.35. The van der Waals surface area contributed by atoms with Crippen molar-refractivity contribution in [3.63, 3.8) is 0 Å². The molecule has 0 N–H and O–H groups in total. The Morgan fingerprint density at radius 2 is 1.36 bits per heavy atom. The van der Waals surface area contributed by atoms with Crippen LogP contribution in [0.25, 0.3) is 0 Å². The number of likely N-dealkylation sites (N-methyl/N-ethyl adjacent to an activating group) is 2. The summed E-state index contributed by atoms with van der Waals surface area (Å²) in [6.45, 7) is 7.37. The summed E-state index contributed by atoms with van der Waals surface area (Å²) in [5, 5.41) is 0. The Labute approximate surface area is 75.1 Å². The van der Waals surface area contributed by atoms with E-state index in [1.807, 2.05) is 0 Å². The summed E-state index contributed by atoms with van der Waals surface area (Å²) in [5.74, 6) is 0. The van der Waals surface area contributed by atoms with E-state index in [4.69, 9.17) is 0 Å². The predicted molar refractivity (Wildman–Crippen MR) is 52.0 cm³/mol. The molecule has 0 saturated carbocycles. The van der Waals surface area contributed by atoms with E-state index in [0.717, 1.165) is 0 Å². The number of hydrogen-bond acceptors (Lipinski definition) is 2. The average molecular weight is 263 g/mol. The van der Waals surface area contributed by atoms with E-state index in [2.05, 4.69) is 34.2 Å². The van der Waals surface area contributed by atoms with Gasteiger partial charge in [0.1, 0.15) is 0 Å². The molecule has 66 valence electrons. The SMILES string of the molecule is C[CH2][Sn]1([CH2]C)[N](C)CC[N]1C. The van der Waals surface area contributed by atoms with Gasteiger partial charge in [-0.2, -0.15) is 0 Å². The molecule has 1 rings (SSSR count). The van der Waals surface area contributed by atoms with E-state index in [1.165, 1.54) is 22.0 Å². The van der Waals surface area contributed by atoms with Crippen LogP contribution in [0.2, 0.25) is 8.87 Å². The van der Waals surface area contributed by atoms with Gasteiger partial charge in [-0.15, -0.1) is 0 Å². The van der Waals surface area contributed by atoms with Crippen LogP contribution in [0.15, 0.2) is 0 Å². The number of nitrogens with zero attached hydrogens (tertiary/aromatic N) is 2. The van der Waals surface area contributed by atoms with E-state index >= 15 is 0 Å². The molecule has 1 fully saturated rings. The molecule has 1 heterocycles. The summed E-state index contributed by atoms with van der Waals surface area (Å²) in [6.07, 6.45) is 0. The van der Waals surface area contributed by atoms with Crippen LogP contribution in [-0.4, -0.2) is 52.4 Å². The van der Waals surface area contributed by atoms with Crippen LogP contribution in [-0.2, 0) is 0 Å². The molecule has 0 aliphatic carbocycles. The Kier molecular flexibility index (Phi) is 3.23. The Morgan fingerprint density at radius 3 is 1.55 bits per heavy atom. The molecular weight excluding hydrogens is 243 g/mol. The summed E-state index contributed by atoms with van der Waals surface area (Å²) < 4.78 is 8.26. The summed E-state index contributed by atoms with van der Waals surface area (Å²) in [4.78, 5) is 0. The van der Waals surface area contributed by atoms with E-state index < -0.39 is 18.9 Å². The molecule has 1 saturated heterocycles. The molecule has 0 aromatic carbocycles. The van der Waals surface area contributed by atoms with Crippen LogP contribution in [0.3, 0.4) is 0 Å².